The third-order valence-electron chi connectivity index (χ3n) is 3.98. The quantitative estimate of drug-likeness (QED) is 0.537. The summed E-state index contributed by atoms with van der Waals surface area (Å²) in [6.45, 7) is 3.69. The number of nitro benzene ring substituents is 1. The number of benzene rings is 1. The predicted octanol–water partition coefficient (Wildman–Crippen LogP) is 2.46. The molecule has 0 aliphatic heterocycles. The minimum atomic E-state index is -0.419. The third kappa shape index (κ3) is 2.30. The number of aromatic nitrogens is 3. The maximum Gasteiger partial charge on any atom is 0.328 e. The summed E-state index contributed by atoms with van der Waals surface area (Å²) in [5.41, 5.74) is 3.74. The molecule has 0 radical (unpaired) electrons. The zero-order valence-electron chi connectivity index (χ0n) is 13.3. The molecular weight excluding hydrogens is 296 g/mol. The van der Waals surface area contributed by atoms with Crippen molar-refractivity contribution < 1.29 is 4.92 Å². The molecular formula is C16H16N4O3. The van der Waals surface area contributed by atoms with Gasteiger partial charge in [0.15, 0.2) is 0 Å². The smallest absolute Gasteiger partial charge is 0.295 e. The average Bonchev–Trinajstić information content (AvgIpc) is 2.69. The molecule has 0 bridgehead atoms. The van der Waals surface area contributed by atoms with E-state index in [0.29, 0.717) is 16.6 Å². The van der Waals surface area contributed by atoms with Gasteiger partial charge in [-0.05, 0) is 37.6 Å². The minimum Gasteiger partial charge on any atom is -0.295 e. The van der Waals surface area contributed by atoms with Gasteiger partial charge in [-0.2, -0.15) is 0 Å². The highest BCUT2D eigenvalue weighted by Gasteiger charge is 2.21. The molecule has 1 aromatic carbocycles. The van der Waals surface area contributed by atoms with E-state index in [4.69, 9.17) is 0 Å². The largest absolute Gasteiger partial charge is 0.328 e. The highest BCUT2D eigenvalue weighted by molar-refractivity contribution is 5.88. The lowest BCUT2D eigenvalue weighted by Gasteiger charge is -2.07. The highest BCUT2D eigenvalue weighted by Crippen LogP contribution is 2.34. The van der Waals surface area contributed by atoms with Crippen LogP contribution in [0.3, 0.4) is 0 Å². The second-order valence-corrected chi connectivity index (χ2v) is 5.65. The van der Waals surface area contributed by atoms with E-state index in [0.717, 1.165) is 17.0 Å². The molecule has 0 aliphatic rings. The summed E-state index contributed by atoms with van der Waals surface area (Å²) < 4.78 is 2.90. The van der Waals surface area contributed by atoms with Gasteiger partial charge in [0.05, 0.1) is 21.5 Å². The molecule has 0 saturated carbocycles. The lowest BCUT2D eigenvalue weighted by atomic mass is 10.0. The second kappa shape index (κ2) is 5.05. The van der Waals surface area contributed by atoms with Crippen LogP contribution in [-0.2, 0) is 14.1 Å². The highest BCUT2D eigenvalue weighted by atomic mass is 16.6. The van der Waals surface area contributed by atoms with E-state index in [2.05, 4.69) is 4.98 Å². The topological polar surface area (TPSA) is 83.0 Å². The van der Waals surface area contributed by atoms with Crippen molar-refractivity contribution in [1.82, 2.24) is 14.1 Å². The molecule has 0 aliphatic carbocycles. The number of fused-ring (bicyclic) bond motifs is 1. The molecule has 7 heteroatoms. The zero-order valence-corrected chi connectivity index (χ0v) is 13.3. The number of nitrogens with zero attached hydrogens (tertiary/aromatic N) is 4. The Kier molecular flexibility index (Phi) is 3.28. The summed E-state index contributed by atoms with van der Waals surface area (Å²) in [7, 11) is 3.26. The molecule has 0 unspecified atom stereocenters. The van der Waals surface area contributed by atoms with Crippen LogP contribution < -0.4 is 5.69 Å². The van der Waals surface area contributed by atoms with Gasteiger partial charge >= 0.3 is 5.69 Å². The monoisotopic (exact) mass is 312 g/mol. The molecule has 0 spiro atoms. The molecule has 3 rings (SSSR count). The van der Waals surface area contributed by atoms with E-state index in [1.807, 2.05) is 26.0 Å². The van der Waals surface area contributed by atoms with Crippen molar-refractivity contribution in [2.75, 3.05) is 0 Å². The van der Waals surface area contributed by atoms with Crippen LogP contribution in [0, 0.1) is 24.0 Å². The van der Waals surface area contributed by atoms with Crippen molar-refractivity contribution in [2.24, 2.45) is 14.1 Å². The van der Waals surface area contributed by atoms with Crippen molar-refractivity contribution in [1.29, 1.82) is 0 Å². The van der Waals surface area contributed by atoms with Gasteiger partial charge in [0.2, 0.25) is 0 Å². The first-order valence-corrected chi connectivity index (χ1v) is 7.09. The van der Waals surface area contributed by atoms with E-state index >= 15 is 0 Å². The first-order valence-electron chi connectivity index (χ1n) is 7.09. The van der Waals surface area contributed by atoms with Gasteiger partial charge in [-0.25, -0.2) is 4.79 Å². The van der Waals surface area contributed by atoms with Crippen LogP contribution >= 0.6 is 0 Å². The van der Waals surface area contributed by atoms with Gasteiger partial charge in [0.25, 0.3) is 5.69 Å². The van der Waals surface area contributed by atoms with Crippen molar-refractivity contribution in [2.45, 2.75) is 13.8 Å². The van der Waals surface area contributed by atoms with E-state index < -0.39 is 4.92 Å². The maximum absolute atomic E-state index is 12.1. The fourth-order valence-corrected chi connectivity index (χ4v) is 2.91. The molecule has 118 valence electrons. The van der Waals surface area contributed by atoms with Crippen molar-refractivity contribution in [3.8, 4) is 11.1 Å². The summed E-state index contributed by atoms with van der Waals surface area (Å²) in [6.07, 6.45) is 0. The average molecular weight is 312 g/mol. The number of hydrogen-bond acceptors (Lipinski definition) is 4. The molecule has 3 aromatic rings. The van der Waals surface area contributed by atoms with Crippen LogP contribution in [0.4, 0.5) is 5.69 Å². The first-order chi connectivity index (χ1) is 10.8. The second-order valence-electron chi connectivity index (χ2n) is 5.65. The SMILES string of the molecule is Cc1cc(-c2cc3c(cc2[N+](=O)[O-])n(C)c(=O)n3C)cc(C)n1. The van der Waals surface area contributed by atoms with Crippen LogP contribution in [-0.4, -0.2) is 19.0 Å². The Morgan fingerprint density at radius 3 is 2.04 bits per heavy atom. The van der Waals surface area contributed by atoms with Gasteiger partial charge in [0, 0.05) is 31.5 Å². The Morgan fingerprint density at radius 1 is 1.00 bits per heavy atom. The molecule has 0 N–H and O–H groups in total. The molecule has 2 aromatic heterocycles. The molecule has 23 heavy (non-hydrogen) atoms. The van der Waals surface area contributed by atoms with Crippen LogP contribution in [0.15, 0.2) is 29.1 Å². The van der Waals surface area contributed by atoms with E-state index in [-0.39, 0.29) is 11.4 Å². The lowest BCUT2D eigenvalue weighted by molar-refractivity contribution is -0.384. The number of nitro groups is 1. The van der Waals surface area contributed by atoms with Crippen LogP contribution in [0.2, 0.25) is 0 Å². The van der Waals surface area contributed by atoms with Crippen LogP contribution in [0.1, 0.15) is 11.4 Å². The summed E-state index contributed by atoms with van der Waals surface area (Å²) in [5, 5.41) is 11.5. The Morgan fingerprint density at radius 2 is 1.52 bits per heavy atom. The predicted molar refractivity (Wildman–Crippen MR) is 87.5 cm³/mol. The number of pyridine rings is 1. The van der Waals surface area contributed by atoms with E-state index in [9.17, 15) is 14.9 Å². The van der Waals surface area contributed by atoms with Crippen LogP contribution in [0.5, 0.6) is 0 Å². The Balaban J connectivity index is 2.43. The van der Waals surface area contributed by atoms with E-state index in [1.54, 1.807) is 20.2 Å². The number of imidazole rings is 1. The standard InChI is InChI=1S/C16H16N4O3/c1-9-5-11(6-10(2)17-9)12-7-14-15(8-13(12)20(22)23)19(4)16(21)18(14)3/h5-8H,1-4H3. The summed E-state index contributed by atoms with van der Waals surface area (Å²) in [4.78, 5) is 27.5. The van der Waals surface area contributed by atoms with Crippen molar-refractivity contribution in [3.05, 3.63) is 56.3 Å². The summed E-state index contributed by atoms with van der Waals surface area (Å²) >= 11 is 0. The number of rotatable bonds is 2. The summed E-state index contributed by atoms with van der Waals surface area (Å²) in [6, 6.07) is 6.77. The normalized spacial score (nSPS) is 11.1. The Bertz CT molecular complexity index is 994. The van der Waals surface area contributed by atoms with Crippen LogP contribution in [0.25, 0.3) is 22.2 Å². The lowest BCUT2D eigenvalue weighted by Crippen LogP contribution is -2.19. The van der Waals surface area contributed by atoms with Crippen molar-refractivity contribution >= 4 is 16.7 Å². The van der Waals surface area contributed by atoms with Gasteiger partial charge < -0.3 is 0 Å². The van der Waals surface area contributed by atoms with Crippen molar-refractivity contribution in [3.63, 3.8) is 0 Å². The van der Waals surface area contributed by atoms with Gasteiger partial charge in [0.1, 0.15) is 0 Å². The molecule has 2 heterocycles. The Hall–Kier alpha value is -2.96. The number of aryl methyl sites for hydroxylation is 4. The molecule has 0 amide bonds. The van der Waals surface area contributed by atoms with E-state index in [1.165, 1.54) is 15.2 Å². The molecule has 0 fully saturated rings. The number of hydrogen-bond donors (Lipinski definition) is 0. The third-order valence-corrected chi connectivity index (χ3v) is 3.98. The fourth-order valence-electron chi connectivity index (χ4n) is 2.91. The fraction of sp³-hybridized carbons (Fsp3) is 0.250. The molecule has 7 nitrogen and oxygen atoms in total. The maximum atomic E-state index is 12.1. The first kappa shape index (κ1) is 15.0. The minimum absolute atomic E-state index is 0.0244. The summed E-state index contributed by atoms with van der Waals surface area (Å²) in [5.74, 6) is 0. The molecule has 0 atom stereocenters. The van der Waals surface area contributed by atoms with Gasteiger partial charge in [-0.15, -0.1) is 0 Å². The van der Waals surface area contributed by atoms with Gasteiger partial charge in [-0.3, -0.25) is 24.2 Å². The van der Waals surface area contributed by atoms with Gasteiger partial charge in [-0.1, -0.05) is 0 Å². The molecule has 0 saturated heterocycles. The zero-order chi connectivity index (χ0) is 16.9. The Labute approximate surface area is 132 Å².